The number of aromatic nitrogens is 1. The number of carbonyl (C=O) groups is 1. The van der Waals surface area contributed by atoms with Crippen LogP contribution in [0.2, 0.25) is 0 Å². The second-order valence-corrected chi connectivity index (χ2v) is 8.78. The summed E-state index contributed by atoms with van der Waals surface area (Å²) < 4.78 is 11.2. The number of aliphatic hydroxyl groups excluding tert-OH is 1. The van der Waals surface area contributed by atoms with Gasteiger partial charge in [0.2, 0.25) is 0 Å². The number of carbonyl (C=O) groups excluding carboxylic acids is 1. The summed E-state index contributed by atoms with van der Waals surface area (Å²) in [6, 6.07) is 18.9. The number of amides is 1. The lowest BCUT2D eigenvalue weighted by molar-refractivity contribution is 0.0852. The third-order valence-corrected chi connectivity index (χ3v) is 6.26. The monoisotopic (exact) mass is 505 g/mol. The molecular weight excluding hydrogens is 470 g/mol. The Morgan fingerprint density at radius 3 is 2.51 bits per heavy atom. The Bertz CT molecular complexity index is 1170. The number of para-hydroxylation sites is 4. The maximum Gasteiger partial charge on any atom is 0.255 e. The fourth-order valence-electron chi connectivity index (χ4n) is 4.40. The number of hydrogen-bond acceptors (Lipinski definition) is 8. The van der Waals surface area contributed by atoms with E-state index in [9.17, 15) is 9.90 Å². The fraction of sp³-hybridized carbons (Fsp3) is 0.357. The molecular formula is C28H35N5O4. The zero-order chi connectivity index (χ0) is 26.0. The quantitative estimate of drug-likeness (QED) is 0.366. The summed E-state index contributed by atoms with van der Waals surface area (Å²) in [4.78, 5) is 21.8. The van der Waals surface area contributed by atoms with Crippen LogP contribution in [0.15, 0.2) is 66.9 Å². The largest absolute Gasteiger partial charge is 0.495 e. The van der Waals surface area contributed by atoms with E-state index in [4.69, 9.17) is 9.47 Å². The van der Waals surface area contributed by atoms with Crippen LogP contribution in [0.25, 0.3) is 0 Å². The summed E-state index contributed by atoms with van der Waals surface area (Å²) in [5.74, 6) is 1.66. The van der Waals surface area contributed by atoms with Gasteiger partial charge in [-0.05, 0) is 43.3 Å². The van der Waals surface area contributed by atoms with Crippen LogP contribution in [0.3, 0.4) is 0 Å². The number of methoxy groups -OCH3 is 1. The van der Waals surface area contributed by atoms with Crippen LogP contribution in [0.4, 0.5) is 17.2 Å². The fourth-order valence-corrected chi connectivity index (χ4v) is 4.40. The Labute approximate surface area is 218 Å². The molecule has 1 aliphatic rings. The van der Waals surface area contributed by atoms with E-state index >= 15 is 0 Å². The molecule has 2 heterocycles. The number of pyridine rings is 1. The Kier molecular flexibility index (Phi) is 9.18. The molecule has 1 atom stereocenters. The molecule has 3 N–H and O–H groups in total. The van der Waals surface area contributed by atoms with E-state index in [-0.39, 0.29) is 12.5 Å². The van der Waals surface area contributed by atoms with Crippen molar-refractivity contribution in [3.63, 3.8) is 0 Å². The van der Waals surface area contributed by atoms with Crippen LogP contribution in [0, 0.1) is 0 Å². The lowest BCUT2D eigenvalue weighted by Gasteiger charge is -2.37. The van der Waals surface area contributed by atoms with Gasteiger partial charge in [-0.25, -0.2) is 4.98 Å². The molecule has 3 aromatic rings. The number of β-amino-alcohol motifs (C(OH)–C–C–N with tert-alkyl or cyclic N) is 1. The maximum atomic E-state index is 12.9. The summed E-state index contributed by atoms with van der Waals surface area (Å²) >= 11 is 0. The molecule has 2 aromatic carbocycles. The summed E-state index contributed by atoms with van der Waals surface area (Å²) in [6.07, 6.45) is 0.934. The second kappa shape index (κ2) is 12.9. The van der Waals surface area contributed by atoms with Crippen molar-refractivity contribution in [1.29, 1.82) is 0 Å². The van der Waals surface area contributed by atoms with Crippen molar-refractivity contribution < 1.29 is 19.4 Å². The van der Waals surface area contributed by atoms with E-state index in [1.165, 1.54) is 0 Å². The summed E-state index contributed by atoms with van der Waals surface area (Å²) in [7, 11) is 1.59. The number of hydrogen-bond donors (Lipinski definition) is 3. The third-order valence-electron chi connectivity index (χ3n) is 6.26. The SMILES string of the molecule is CCOc1ccccc1N1CCN(CC(O)CNC(=O)c2cccnc2Nc2ccccc2OC)CC1. The van der Waals surface area contributed by atoms with Gasteiger partial charge in [0, 0.05) is 45.5 Å². The Morgan fingerprint density at radius 1 is 1.03 bits per heavy atom. The number of piperazine rings is 1. The van der Waals surface area contributed by atoms with E-state index in [0.717, 1.165) is 37.6 Å². The van der Waals surface area contributed by atoms with E-state index in [2.05, 4.69) is 31.5 Å². The Morgan fingerprint density at radius 2 is 1.76 bits per heavy atom. The van der Waals surface area contributed by atoms with Crippen LogP contribution >= 0.6 is 0 Å². The van der Waals surface area contributed by atoms with Gasteiger partial charge >= 0.3 is 0 Å². The predicted molar refractivity (Wildman–Crippen MR) is 145 cm³/mol. The molecule has 1 aliphatic heterocycles. The van der Waals surface area contributed by atoms with Crippen LogP contribution in [0.1, 0.15) is 17.3 Å². The molecule has 37 heavy (non-hydrogen) atoms. The molecule has 9 nitrogen and oxygen atoms in total. The van der Waals surface area contributed by atoms with Gasteiger partial charge in [-0.1, -0.05) is 24.3 Å². The van der Waals surface area contributed by atoms with Gasteiger partial charge in [0.1, 0.15) is 17.3 Å². The van der Waals surface area contributed by atoms with E-state index in [1.807, 2.05) is 49.4 Å². The molecule has 1 saturated heterocycles. The number of anilines is 3. The normalized spacial score (nSPS) is 14.6. The Hall–Kier alpha value is -3.82. The van der Waals surface area contributed by atoms with E-state index in [1.54, 1.807) is 25.4 Å². The molecule has 0 radical (unpaired) electrons. The van der Waals surface area contributed by atoms with Crippen molar-refractivity contribution in [2.75, 3.05) is 63.2 Å². The van der Waals surface area contributed by atoms with Gasteiger partial charge in [0.25, 0.3) is 5.91 Å². The highest BCUT2D eigenvalue weighted by Crippen LogP contribution is 2.29. The number of nitrogens with zero attached hydrogens (tertiary/aromatic N) is 3. The van der Waals surface area contributed by atoms with Crippen LogP contribution in [-0.2, 0) is 0 Å². The Balaban J connectivity index is 1.28. The predicted octanol–water partition coefficient (Wildman–Crippen LogP) is 3.15. The molecule has 9 heteroatoms. The van der Waals surface area contributed by atoms with Crippen molar-refractivity contribution in [3.8, 4) is 11.5 Å². The van der Waals surface area contributed by atoms with Gasteiger partial charge in [-0.2, -0.15) is 0 Å². The first-order valence-electron chi connectivity index (χ1n) is 12.6. The number of rotatable bonds is 11. The van der Waals surface area contributed by atoms with Crippen molar-refractivity contribution in [2.24, 2.45) is 0 Å². The first kappa shape index (κ1) is 26.2. The van der Waals surface area contributed by atoms with Crippen molar-refractivity contribution in [3.05, 3.63) is 72.4 Å². The minimum atomic E-state index is -0.687. The van der Waals surface area contributed by atoms with Gasteiger partial charge < -0.3 is 30.1 Å². The van der Waals surface area contributed by atoms with Crippen LogP contribution in [-0.4, -0.2) is 80.0 Å². The first-order chi connectivity index (χ1) is 18.1. The molecule has 1 aromatic heterocycles. The zero-order valence-corrected chi connectivity index (χ0v) is 21.4. The van der Waals surface area contributed by atoms with Gasteiger partial charge in [0.05, 0.1) is 36.8 Å². The zero-order valence-electron chi connectivity index (χ0n) is 21.4. The topological polar surface area (TPSA) is 99.2 Å². The molecule has 1 unspecified atom stereocenters. The summed E-state index contributed by atoms with van der Waals surface area (Å²) in [5.41, 5.74) is 2.20. The molecule has 0 bridgehead atoms. The molecule has 0 saturated carbocycles. The third kappa shape index (κ3) is 6.90. The van der Waals surface area contributed by atoms with E-state index in [0.29, 0.717) is 36.0 Å². The highest BCUT2D eigenvalue weighted by Gasteiger charge is 2.22. The second-order valence-electron chi connectivity index (χ2n) is 8.78. The number of aliphatic hydroxyl groups is 1. The number of benzene rings is 2. The number of nitrogens with one attached hydrogen (secondary N) is 2. The molecule has 1 fully saturated rings. The first-order valence-corrected chi connectivity index (χ1v) is 12.6. The van der Waals surface area contributed by atoms with Crippen molar-refractivity contribution >= 4 is 23.1 Å². The summed E-state index contributed by atoms with van der Waals surface area (Å²) in [5, 5.41) is 16.6. The molecule has 0 spiro atoms. The summed E-state index contributed by atoms with van der Waals surface area (Å²) in [6.45, 7) is 6.58. The molecule has 1 amide bonds. The number of ether oxygens (including phenoxy) is 2. The van der Waals surface area contributed by atoms with Crippen molar-refractivity contribution in [2.45, 2.75) is 13.0 Å². The lowest BCUT2D eigenvalue weighted by Crippen LogP contribution is -2.50. The molecule has 196 valence electrons. The maximum absolute atomic E-state index is 12.9. The van der Waals surface area contributed by atoms with Gasteiger partial charge in [0.15, 0.2) is 0 Å². The van der Waals surface area contributed by atoms with Crippen LogP contribution in [0.5, 0.6) is 11.5 Å². The van der Waals surface area contributed by atoms with Crippen LogP contribution < -0.4 is 25.0 Å². The smallest absolute Gasteiger partial charge is 0.255 e. The molecule has 4 rings (SSSR count). The lowest BCUT2D eigenvalue weighted by atomic mass is 10.2. The van der Waals surface area contributed by atoms with E-state index < -0.39 is 6.10 Å². The van der Waals surface area contributed by atoms with Gasteiger partial charge in [-0.15, -0.1) is 0 Å². The average molecular weight is 506 g/mol. The average Bonchev–Trinajstić information content (AvgIpc) is 2.93. The highest BCUT2D eigenvalue weighted by molar-refractivity contribution is 5.99. The molecule has 0 aliphatic carbocycles. The van der Waals surface area contributed by atoms with Gasteiger partial charge in [-0.3, -0.25) is 9.69 Å². The minimum absolute atomic E-state index is 0.148. The standard InChI is InChI=1S/C28H35N5O4/c1-3-37-26-13-7-5-11-24(26)33-17-15-32(16-18-33)20-21(34)19-30-28(35)22-9-8-14-29-27(22)31-23-10-4-6-12-25(23)36-2/h4-14,21,34H,3,15-20H2,1-2H3,(H,29,31)(H,30,35). The minimum Gasteiger partial charge on any atom is -0.495 e. The highest BCUT2D eigenvalue weighted by atomic mass is 16.5. The van der Waals surface area contributed by atoms with Crippen molar-refractivity contribution in [1.82, 2.24) is 15.2 Å².